The number of fused-ring (bicyclic) bond motifs is 1. The molecule has 4 aromatic rings. The van der Waals surface area contributed by atoms with Crippen molar-refractivity contribution in [1.29, 1.82) is 0 Å². The zero-order valence-electron chi connectivity index (χ0n) is 23.4. The molecule has 0 radical (unpaired) electrons. The summed E-state index contributed by atoms with van der Waals surface area (Å²) in [5.74, 6) is -0.884. The van der Waals surface area contributed by atoms with E-state index in [2.05, 4.69) is 47.4 Å². The number of hydrogen-bond acceptors (Lipinski definition) is 9. The van der Waals surface area contributed by atoms with Crippen LogP contribution in [-0.4, -0.2) is 89.6 Å². The van der Waals surface area contributed by atoms with Crippen LogP contribution in [0.25, 0.3) is 22.2 Å². The zero-order valence-corrected chi connectivity index (χ0v) is 24.2. The fraction of sp³-hybridized carbons (Fsp3) is 0.357. The van der Waals surface area contributed by atoms with E-state index in [1.165, 1.54) is 18.2 Å². The van der Waals surface area contributed by atoms with Crippen LogP contribution >= 0.6 is 0 Å². The number of hydrogen-bond donors (Lipinski definition) is 3. The molecule has 3 aromatic heterocycles. The van der Waals surface area contributed by atoms with Gasteiger partial charge in [-0.3, -0.25) is 14.7 Å². The van der Waals surface area contributed by atoms with Gasteiger partial charge in [0.2, 0.25) is 11.9 Å². The van der Waals surface area contributed by atoms with Crippen LogP contribution in [0.3, 0.4) is 0 Å². The Labute approximate surface area is 238 Å². The standard InChI is InChI=1S/C28H33FN8O3S/c1-5-22(37-11-9-36(3)10-12-37)27(38)33-21-16-30-14-18-19(15-31-26(18)21)25-17(2)13-32-28(35-25)34-20-7-6-8-23(24(20)29)41(4,39)40/h6-8,13-16,22,31H,5,9-12H2,1-4H3,(H,33,38)(H,32,34,35). The van der Waals surface area contributed by atoms with Crippen LogP contribution in [0.1, 0.15) is 18.9 Å². The van der Waals surface area contributed by atoms with Crippen LogP contribution in [0.4, 0.5) is 21.7 Å². The second-order valence-corrected chi connectivity index (χ2v) is 12.3. The van der Waals surface area contributed by atoms with Crippen molar-refractivity contribution >= 4 is 44.0 Å². The van der Waals surface area contributed by atoms with E-state index in [9.17, 15) is 17.6 Å². The highest BCUT2D eigenvalue weighted by Crippen LogP contribution is 2.33. The number of aromatic amines is 1. The van der Waals surface area contributed by atoms with E-state index in [1.54, 1.807) is 24.8 Å². The van der Waals surface area contributed by atoms with Crippen molar-refractivity contribution < 1.29 is 17.6 Å². The Bertz CT molecular complexity index is 1700. The lowest BCUT2D eigenvalue weighted by atomic mass is 10.1. The summed E-state index contributed by atoms with van der Waals surface area (Å²) in [6.45, 7) is 7.38. The average molecular weight is 581 g/mol. The van der Waals surface area contributed by atoms with Gasteiger partial charge in [0.15, 0.2) is 15.7 Å². The maximum Gasteiger partial charge on any atom is 0.241 e. The Hall–Kier alpha value is -3.94. The van der Waals surface area contributed by atoms with Crippen LogP contribution in [-0.2, 0) is 14.6 Å². The van der Waals surface area contributed by atoms with Gasteiger partial charge in [-0.15, -0.1) is 0 Å². The summed E-state index contributed by atoms with van der Waals surface area (Å²) in [5, 5.41) is 6.61. The fourth-order valence-corrected chi connectivity index (χ4v) is 5.84. The van der Waals surface area contributed by atoms with Crippen molar-refractivity contribution in [2.75, 3.05) is 50.1 Å². The summed E-state index contributed by atoms with van der Waals surface area (Å²) >= 11 is 0. The molecule has 0 spiro atoms. The van der Waals surface area contributed by atoms with Gasteiger partial charge in [-0.2, -0.15) is 0 Å². The second kappa shape index (κ2) is 11.5. The Balaban J connectivity index is 1.43. The second-order valence-electron chi connectivity index (χ2n) is 10.3. The van der Waals surface area contributed by atoms with Crippen molar-refractivity contribution in [3.63, 3.8) is 0 Å². The molecule has 4 heterocycles. The third-order valence-corrected chi connectivity index (χ3v) is 8.47. The summed E-state index contributed by atoms with van der Waals surface area (Å²) < 4.78 is 38.8. The fourth-order valence-electron chi connectivity index (χ4n) is 5.08. The molecule has 41 heavy (non-hydrogen) atoms. The topological polar surface area (TPSA) is 136 Å². The van der Waals surface area contributed by atoms with Crippen molar-refractivity contribution in [3.05, 3.63) is 54.4 Å². The smallest absolute Gasteiger partial charge is 0.241 e. The average Bonchev–Trinajstić information content (AvgIpc) is 3.37. The number of amides is 1. The van der Waals surface area contributed by atoms with Gasteiger partial charge in [0.1, 0.15) is 4.90 Å². The maximum absolute atomic E-state index is 14.9. The minimum atomic E-state index is -3.75. The largest absolute Gasteiger partial charge is 0.359 e. The summed E-state index contributed by atoms with van der Waals surface area (Å²) in [6.07, 6.45) is 8.34. The number of H-pyrrole nitrogens is 1. The number of piperazine rings is 1. The molecular weight excluding hydrogens is 547 g/mol. The van der Waals surface area contributed by atoms with E-state index < -0.39 is 20.5 Å². The molecule has 3 N–H and O–H groups in total. The van der Waals surface area contributed by atoms with Crippen molar-refractivity contribution in [2.45, 2.75) is 31.2 Å². The molecule has 1 amide bonds. The van der Waals surface area contributed by atoms with Gasteiger partial charge in [0.25, 0.3) is 0 Å². The molecule has 216 valence electrons. The van der Waals surface area contributed by atoms with E-state index in [1.807, 2.05) is 13.8 Å². The summed E-state index contributed by atoms with van der Waals surface area (Å²) in [5.41, 5.74) is 3.27. The number of halogens is 1. The number of rotatable bonds is 8. The van der Waals surface area contributed by atoms with Gasteiger partial charge in [-0.05, 0) is 38.1 Å². The minimum Gasteiger partial charge on any atom is -0.359 e. The molecule has 11 nitrogen and oxygen atoms in total. The van der Waals surface area contributed by atoms with Gasteiger partial charge in [-0.1, -0.05) is 13.0 Å². The van der Waals surface area contributed by atoms with Gasteiger partial charge < -0.3 is 20.5 Å². The monoisotopic (exact) mass is 580 g/mol. The van der Waals surface area contributed by atoms with Crippen molar-refractivity contribution in [3.8, 4) is 11.3 Å². The van der Waals surface area contributed by atoms with E-state index in [4.69, 9.17) is 0 Å². The SMILES string of the molecule is CCC(C(=O)Nc1cncc2c(-c3nc(Nc4cccc(S(C)(=O)=O)c4F)ncc3C)c[nH]c12)N1CCN(C)CC1. The van der Waals surface area contributed by atoms with Crippen LogP contribution in [0, 0.1) is 12.7 Å². The number of aryl methyl sites for hydroxylation is 1. The van der Waals surface area contributed by atoms with Crippen molar-refractivity contribution in [1.82, 2.24) is 29.7 Å². The van der Waals surface area contributed by atoms with Crippen molar-refractivity contribution in [2.24, 2.45) is 0 Å². The number of nitrogens with one attached hydrogen (secondary N) is 3. The summed E-state index contributed by atoms with van der Waals surface area (Å²) in [4.78, 5) is 33.9. The van der Waals surface area contributed by atoms with Crippen LogP contribution in [0.5, 0.6) is 0 Å². The highest BCUT2D eigenvalue weighted by atomic mass is 32.2. The number of likely N-dealkylation sites (N-methyl/N-ethyl adjacent to an activating group) is 1. The molecule has 1 aliphatic rings. The number of anilines is 3. The van der Waals surface area contributed by atoms with E-state index in [-0.39, 0.29) is 23.6 Å². The van der Waals surface area contributed by atoms with E-state index in [0.717, 1.165) is 48.9 Å². The molecule has 13 heteroatoms. The Morgan fingerprint density at radius 3 is 2.61 bits per heavy atom. The highest BCUT2D eigenvalue weighted by molar-refractivity contribution is 7.90. The molecule has 1 fully saturated rings. The van der Waals surface area contributed by atoms with Gasteiger partial charge in [-0.25, -0.2) is 22.8 Å². The molecule has 1 unspecified atom stereocenters. The number of pyridine rings is 1. The molecule has 0 saturated carbocycles. The first-order chi connectivity index (χ1) is 19.6. The lowest BCUT2D eigenvalue weighted by Crippen LogP contribution is -2.52. The third kappa shape index (κ3) is 5.92. The first-order valence-corrected chi connectivity index (χ1v) is 15.2. The molecule has 1 aliphatic heterocycles. The normalized spacial score (nSPS) is 15.6. The summed E-state index contributed by atoms with van der Waals surface area (Å²) in [7, 11) is -1.67. The first-order valence-electron chi connectivity index (χ1n) is 13.3. The molecular formula is C28H33FN8O3S. The number of aromatic nitrogens is 4. The van der Waals surface area contributed by atoms with Crippen LogP contribution < -0.4 is 10.6 Å². The number of sulfone groups is 1. The molecule has 0 bridgehead atoms. The predicted molar refractivity (Wildman–Crippen MR) is 156 cm³/mol. The van der Waals surface area contributed by atoms with Gasteiger partial charge in [0, 0.05) is 62.0 Å². The van der Waals surface area contributed by atoms with Crippen LogP contribution in [0.15, 0.2) is 47.9 Å². The molecule has 1 saturated heterocycles. The van der Waals surface area contributed by atoms with E-state index >= 15 is 0 Å². The number of benzene rings is 1. The predicted octanol–water partition coefficient (Wildman–Crippen LogP) is 3.58. The number of carbonyl (C=O) groups is 1. The number of nitrogens with zero attached hydrogens (tertiary/aromatic N) is 5. The molecule has 5 rings (SSSR count). The number of carbonyl (C=O) groups excluding carboxylic acids is 1. The minimum absolute atomic E-state index is 0.0563. The zero-order chi connectivity index (χ0) is 29.3. The quantitative estimate of drug-likeness (QED) is 0.286. The molecule has 1 aromatic carbocycles. The van der Waals surface area contributed by atoms with Gasteiger partial charge >= 0.3 is 0 Å². The lowest BCUT2D eigenvalue weighted by molar-refractivity contribution is -0.122. The Morgan fingerprint density at radius 1 is 1.15 bits per heavy atom. The first kappa shape index (κ1) is 28.6. The molecule has 0 aliphatic carbocycles. The Kier molecular flexibility index (Phi) is 8.02. The van der Waals surface area contributed by atoms with Crippen LogP contribution in [0.2, 0.25) is 0 Å². The summed E-state index contributed by atoms with van der Waals surface area (Å²) in [6, 6.07) is 3.84. The molecule has 1 atom stereocenters. The Morgan fingerprint density at radius 2 is 1.90 bits per heavy atom. The highest BCUT2D eigenvalue weighted by Gasteiger charge is 2.27. The van der Waals surface area contributed by atoms with Gasteiger partial charge in [0.05, 0.1) is 34.8 Å². The maximum atomic E-state index is 14.9. The third-order valence-electron chi connectivity index (χ3n) is 7.36. The lowest BCUT2D eigenvalue weighted by Gasteiger charge is -2.36. The van der Waals surface area contributed by atoms with E-state index in [0.29, 0.717) is 23.3 Å².